The number of halogens is 3. The van der Waals surface area contributed by atoms with Gasteiger partial charge in [0.1, 0.15) is 5.75 Å². The van der Waals surface area contributed by atoms with E-state index in [1.807, 2.05) is 6.92 Å². The van der Waals surface area contributed by atoms with E-state index in [9.17, 15) is 22.8 Å². The molecule has 2 aromatic rings. The molecule has 2 aromatic carbocycles. The molecule has 0 spiro atoms. The fraction of sp³-hybridized carbons (Fsp3) is 0.158. The summed E-state index contributed by atoms with van der Waals surface area (Å²) in [6, 6.07) is 8.66. The van der Waals surface area contributed by atoms with Crippen molar-refractivity contribution in [2.45, 2.75) is 6.92 Å². The van der Waals surface area contributed by atoms with Crippen LogP contribution in [0.4, 0.5) is 18.9 Å². The standard InChI is InChI=1S/C19H17F3N2O3/c1-2-27-15-6-4-3-5-12(15)7-10-16(25)23-11-17(26)24-14-9-8-13(20)18(21)19(14)22/h3-10H,2,11H2,1H3,(H,23,25)(H,24,26)/b10-7+. The van der Waals surface area contributed by atoms with Crippen molar-refractivity contribution in [3.63, 3.8) is 0 Å². The van der Waals surface area contributed by atoms with Crippen LogP contribution in [0, 0.1) is 17.5 Å². The summed E-state index contributed by atoms with van der Waals surface area (Å²) in [6.07, 6.45) is 2.73. The summed E-state index contributed by atoms with van der Waals surface area (Å²) in [5.41, 5.74) is 0.164. The smallest absolute Gasteiger partial charge is 0.244 e. The van der Waals surface area contributed by atoms with Gasteiger partial charge in [0.05, 0.1) is 18.8 Å². The zero-order chi connectivity index (χ0) is 19.8. The van der Waals surface area contributed by atoms with Gasteiger partial charge in [0, 0.05) is 11.6 Å². The van der Waals surface area contributed by atoms with E-state index in [-0.39, 0.29) is 0 Å². The number of nitrogens with one attached hydrogen (secondary N) is 2. The van der Waals surface area contributed by atoms with Gasteiger partial charge in [-0.05, 0) is 31.2 Å². The van der Waals surface area contributed by atoms with Crippen LogP contribution in [-0.4, -0.2) is 25.0 Å². The van der Waals surface area contributed by atoms with Gasteiger partial charge in [-0.1, -0.05) is 18.2 Å². The molecule has 0 saturated carbocycles. The van der Waals surface area contributed by atoms with Crippen molar-refractivity contribution in [1.82, 2.24) is 5.32 Å². The lowest BCUT2D eigenvalue weighted by Crippen LogP contribution is -2.32. The lowest BCUT2D eigenvalue weighted by atomic mass is 10.2. The lowest BCUT2D eigenvalue weighted by Gasteiger charge is -2.08. The minimum atomic E-state index is -1.69. The van der Waals surface area contributed by atoms with E-state index < -0.39 is 41.5 Å². The number of amides is 2. The molecule has 0 aromatic heterocycles. The Hall–Kier alpha value is -3.29. The zero-order valence-electron chi connectivity index (χ0n) is 14.4. The molecule has 0 unspecified atom stereocenters. The Morgan fingerprint density at radius 2 is 1.81 bits per heavy atom. The number of benzene rings is 2. The van der Waals surface area contributed by atoms with E-state index in [2.05, 4.69) is 10.6 Å². The summed E-state index contributed by atoms with van der Waals surface area (Å²) in [6.45, 7) is 1.83. The van der Waals surface area contributed by atoms with Crippen molar-refractivity contribution in [2.24, 2.45) is 0 Å². The summed E-state index contributed by atoms with van der Waals surface area (Å²) in [5.74, 6) is -5.32. The van der Waals surface area contributed by atoms with Crippen LogP contribution in [0.25, 0.3) is 6.08 Å². The van der Waals surface area contributed by atoms with Crippen LogP contribution in [0.5, 0.6) is 5.75 Å². The Balaban J connectivity index is 1.90. The SMILES string of the molecule is CCOc1ccccc1/C=C/C(=O)NCC(=O)Nc1ccc(F)c(F)c1F. The Morgan fingerprint density at radius 3 is 2.56 bits per heavy atom. The van der Waals surface area contributed by atoms with Crippen LogP contribution in [0.15, 0.2) is 42.5 Å². The molecule has 2 rings (SSSR count). The van der Waals surface area contributed by atoms with E-state index in [1.54, 1.807) is 24.3 Å². The summed E-state index contributed by atoms with van der Waals surface area (Å²) in [5, 5.41) is 4.35. The largest absolute Gasteiger partial charge is 0.493 e. The summed E-state index contributed by atoms with van der Waals surface area (Å²) in [7, 11) is 0. The second-order valence-electron chi connectivity index (χ2n) is 5.29. The molecular formula is C19H17F3N2O3. The van der Waals surface area contributed by atoms with Crippen molar-refractivity contribution in [3.8, 4) is 5.75 Å². The number of ether oxygens (including phenoxy) is 1. The molecule has 27 heavy (non-hydrogen) atoms. The molecule has 0 aliphatic heterocycles. The number of carbonyl (C=O) groups excluding carboxylic acids is 2. The van der Waals surface area contributed by atoms with Gasteiger partial charge in [-0.3, -0.25) is 9.59 Å². The Kier molecular flexibility index (Phi) is 6.99. The minimum Gasteiger partial charge on any atom is -0.493 e. The van der Waals surface area contributed by atoms with Crippen molar-refractivity contribution < 1.29 is 27.5 Å². The quantitative estimate of drug-likeness (QED) is 0.574. The molecule has 0 radical (unpaired) electrons. The van der Waals surface area contributed by atoms with Gasteiger partial charge in [0.25, 0.3) is 0 Å². The topological polar surface area (TPSA) is 67.4 Å². The molecule has 2 N–H and O–H groups in total. The van der Waals surface area contributed by atoms with Crippen LogP contribution in [-0.2, 0) is 9.59 Å². The number of carbonyl (C=O) groups is 2. The Bertz CT molecular complexity index is 869. The summed E-state index contributed by atoms with van der Waals surface area (Å²) in [4.78, 5) is 23.5. The molecule has 8 heteroatoms. The van der Waals surface area contributed by atoms with Crippen LogP contribution < -0.4 is 15.4 Å². The fourth-order valence-electron chi connectivity index (χ4n) is 2.11. The van der Waals surface area contributed by atoms with Gasteiger partial charge in [-0.2, -0.15) is 0 Å². The van der Waals surface area contributed by atoms with Gasteiger partial charge in [-0.15, -0.1) is 0 Å². The van der Waals surface area contributed by atoms with Gasteiger partial charge in [0.15, 0.2) is 17.5 Å². The number of hydrogen-bond acceptors (Lipinski definition) is 3. The highest BCUT2D eigenvalue weighted by atomic mass is 19.2. The first-order chi connectivity index (χ1) is 12.9. The van der Waals surface area contributed by atoms with Crippen LogP contribution >= 0.6 is 0 Å². The van der Waals surface area contributed by atoms with Crippen molar-refractivity contribution >= 4 is 23.6 Å². The predicted octanol–water partition coefficient (Wildman–Crippen LogP) is 3.27. The molecular weight excluding hydrogens is 361 g/mol. The molecule has 2 amide bonds. The van der Waals surface area contributed by atoms with Crippen LogP contribution in [0.2, 0.25) is 0 Å². The summed E-state index contributed by atoms with van der Waals surface area (Å²) >= 11 is 0. The number of anilines is 1. The Morgan fingerprint density at radius 1 is 1.07 bits per heavy atom. The highest BCUT2D eigenvalue weighted by Crippen LogP contribution is 2.20. The molecule has 0 heterocycles. The first-order valence-corrected chi connectivity index (χ1v) is 8.03. The second kappa shape index (κ2) is 9.42. The number of hydrogen-bond donors (Lipinski definition) is 2. The van der Waals surface area contributed by atoms with Crippen molar-refractivity contribution in [1.29, 1.82) is 0 Å². The molecule has 0 aliphatic carbocycles. The van der Waals surface area contributed by atoms with Gasteiger partial charge >= 0.3 is 0 Å². The first-order valence-electron chi connectivity index (χ1n) is 8.03. The Labute approximate surface area is 153 Å². The average molecular weight is 378 g/mol. The van der Waals surface area contributed by atoms with Crippen LogP contribution in [0.3, 0.4) is 0 Å². The molecule has 0 fully saturated rings. The molecule has 0 saturated heterocycles. The average Bonchev–Trinajstić information content (AvgIpc) is 2.66. The molecule has 0 atom stereocenters. The maximum Gasteiger partial charge on any atom is 0.244 e. The minimum absolute atomic E-state index is 0.470. The highest BCUT2D eigenvalue weighted by Gasteiger charge is 2.15. The predicted molar refractivity (Wildman–Crippen MR) is 94.6 cm³/mol. The van der Waals surface area contributed by atoms with E-state index in [0.29, 0.717) is 24.0 Å². The van der Waals surface area contributed by atoms with E-state index in [1.165, 1.54) is 12.2 Å². The van der Waals surface area contributed by atoms with Gasteiger partial charge in [0.2, 0.25) is 11.8 Å². The maximum absolute atomic E-state index is 13.5. The van der Waals surface area contributed by atoms with Crippen LogP contribution in [0.1, 0.15) is 12.5 Å². The second-order valence-corrected chi connectivity index (χ2v) is 5.29. The lowest BCUT2D eigenvalue weighted by molar-refractivity contribution is -0.121. The third-order valence-corrected chi connectivity index (χ3v) is 3.37. The third kappa shape index (κ3) is 5.60. The molecule has 0 aliphatic rings. The van der Waals surface area contributed by atoms with Gasteiger partial charge in [-0.25, -0.2) is 13.2 Å². The van der Waals surface area contributed by atoms with E-state index in [0.717, 1.165) is 6.07 Å². The molecule has 142 valence electrons. The summed E-state index contributed by atoms with van der Waals surface area (Å²) < 4.78 is 44.9. The van der Waals surface area contributed by atoms with Crippen molar-refractivity contribution in [3.05, 3.63) is 65.5 Å². The molecule has 5 nitrogen and oxygen atoms in total. The van der Waals surface area contributed by atoms with Gasteiger partial charge < -0.3 is 15.4 Å². The monoisotopic (exact) mass is 378 g/mol. The third-order valence-electron chi connectivity index (χ3n) is 3.37. The fourth-order valence-corrected chi connectivity index (χ4v) is 2.11. The highest BCUT2D eigenvalue weighted by molar-refractivity contribution is 5.98. The number of rotatable bonds is 7. The molecule has 0 bridgehead atoms. The normalized spacial score (nSPS) is 10.7. The maximum atomic E-state index is 13.5. The zero-order valence-corrected chi connectivity index (χ0v) is 14.4. The van der Waals surface area contributed by atoms with E-state index in [4.69, 9.17) is 4.74 Å². The first kappa shape index (κ1) is 20.0. The van der Waals surface area contributed by atoms with Crippen molar-refractivity contribution in [2.75, 3.05) is 18.5 Å². The number of para-hydroxylation sites is 1. The van der Waals surface area contributed by atoms with E-state index >= 15 is 0 Å².